The Labute approximate surface area is 93.7 Å². The second-order valence-electron chi connectivity index (χ2n) is 4.10. The van der Waals surface area contributed by atoms with Gasteiger partial charge in [0.15, 0.2) is 0 Å². The third kappa shape index (κ3) is 1.80. The first-order valence-electron chi connectivity index (χ1n) is 5.48. The van der Waals surface area contributed by atoms with Crippen LogP contribution in [0.2, 0.25) is 0 Å². The van der Waals surface area contributed by atoms with Gasteiger partial charge in [0.05, 0.1) is 0 Å². The van der Waals surface area contributed by atoms with Crippen LogP contribution in [0.15, 0.2) is 29.6 Å². The first-order chi connectivity index (χ1) is 7.43. The molecule has 0 unspecified atom stereocenters. The fraction of sp³-hybridized carbons (Fsp3) is 0.385. The molecule has 1 aromatic heterocycles. The number of ether oxygens (including phenoxy) is 1. The first-order valence-corrected chi connectivity index (χ1v) is 6.36. The summed E-state index contributed by atoms with van der Waals surface area (Å²) in [4.78, 5) is 0. The van der Waals surface area contributed by atoms with E-state index in [0.29, 0.717) is 5.92 Å². The fourth-order valence-electron chi connectivity index (χ4n) is 2.27. The second-order valence-corrected chi connectivity index (χ2v) is 5.05. The van der Waals surface area contributed by atoms with E-state index in [2.05, 4.69) is 29.6 Å². The van der Waals surface area contributed by atoms with Crippen LogP contribution in [0.1, 0.15) is 24.3 Å². The normalized spacial score (nSPS) is 18.4. The maximum absolute atomic E-state index is 5.40. The minimum atomic E-state index is 0.711. The number of hydrogen-bond donors (Lipinski definition) is 0. The molecule has 0 N–H and O–H groups in total. The van der Waals surface area contributed by atoms with Crippen LogP contribution in [0.3, 0.4) is 0 Å². The molecule has 2 aromatic rings. The average Bonchev–Trinajstić information content (AvgIpc) is 2.77. The van der Waals surface area contributed by atoms with Crippen LogP contribution in [0.5, 0.6) is 0 Å². The molecule has 3 rings (SSSR count). The molecule has 1 saturated heterocycles. The van der Waals surface area contributed by atoms with Crippen LogP contribution in [-0.2, 0) is 4.74 Å². The predicted octanol–water partition coefficient (Wildman–Crippen LogP) is 3.80. The van der Waals surface area contributed by atoms with Crippen molar-refractivity contribution in [2.75, 3.05) is 13.2 Å². The number of hydrogen-bond acceptors (Lipinski definition) is 2. The summed E-state index contributed by atoms with van der Waals surface area (Å²) >= 11 is 1.82. The Balaban J connectivity index is 1.95. The molecule has 1 aliphatic heterocycles. The summed E-state index contributed by atoms with van der Waals surface area (Å²) in [6.07, 6.45) is 2.35. The quantitative estimate of drug-likeness (QED) is 0.707. The monoisotopic (exact) mass is 218 g/mol. The molecule has 1 aliphatic rings. The zero-order valence-corrected chi connectivity index (χ0v) is 9.43. The predicted molar refractivity (Wildman–Crippen MR) is 64.6 cm³/mol. The lowest BCUT2D eigenvalue weighted by Crippen LogP contribution is -2.13. The lowest BCUT2D eigenvalue weighted by Gasteiger charge is -2.22. The molecule has 0 bridgehead atoms. The second kappa shape index (κ2) is 3.95. The van der Waals surface area contributed by atoms with Crippen molar-refractivity contribution in [3.8, 4) is 0 Å². The van der Waals surface area contributed by atoms with E-state index >= 15 is 0 Å². The lowest BCUT2D eigenvalue weighted by atomic mass is 9.91. The van der Waals surface area contributed by atoms with Gasteiger partial charge in [0.25, 0.3) is 0 Å². The molecule has 0 atom stereocenters. The van der Waals surface area contributed by atoms with E-state index < -0.39 is 0 Å². The van der Waals surface area contributed by atoms with Gasteiger partial charge < -0.3 is 4.74 Å². The van der Waals surface area contributed by atoms with Crippen molar-refractivity contribution in [2.45, 2.75) is 18.8 Å². The average molecular weight is 218 g/mol. The van der Waals surface area contributed by atoms with Crippen LogP contribution in [0.25, 0.3) is 10.1 Å². The smallest absolute Gasteiger partial charge is 0.0471 e. The minimum absolute atomic E-state index is 0.711. The van der Waals surface area contributed by atoms with E-state index in [1.165, 1.54) is 28.5 Å². The van der Waals surface area contributed by atoms with Gasteiger partial charge in [-0.3, -0.25) is 0 Å². The third-order valence-corrected chi connectivity index (χ3v) is 4.07. The van der Waals surface area contributed by atoms with E-state index in [0.717, 1.165) is 13.2 Å². The molecular weight excluding hydrogens is 204 g/mol. The summed E-state index contributed by atoms with van der Waals surface area (Å²) in [6.45, 7) is 1.85. The highest BCUT2D eigenvalue weighted by Crippen LogP contribution is 2.30. The van der Waals surface area contributed by atoms with Crippen LogP contribution in [-0.4, -0.2) is 13.2 Å². The van der Waals surface area contributed by atoms with Gasteiger partial charge in [0.2, 0.25) is 0 Å². The Hall–Kier alpha value is -0.860. The van der Waals surface area contributed by atoms with Gasteiger partial charge in [-0.1, -0.05) is 12.1 Å². The number of thiophene rings is 1. The van der Waals surface area contributed by atoms with Crippen LogP contribution >= 0.6 is 11.3 Å². The highest BCUT2D eigenvalue weighted by atomic mass is 32.1. The molecule has 1 fully saturated rings. The Morgan fingerprint density at radius 3 is 2.87 bits per heavy atom. The molecule has 1 nitrogen and oxygen atoms in total. The van der Waals surface area contributed by atoms with Crippen molar-refractivity contribution < 1.29 is 4.74 Å². The van der Waals surface area contributed by atoms with Gasteiger partial charge in [0.1, 0.15) is 0 Å². The van der Waals surface area contributed by atoms with Crippen molar-refractivity contribution in [2.24, 2.45) is 0 Å². The summed E-state index contributed by atoms with van der Waals surface area (Å²) in [7, 11) is 0. The van der Waals surface area contributed by atoms with Crippen LogP contribution < -0.4 is 0 Å². The number of rotatable bonds is 1. The molecule has 15 heavy (non-hydrogen) atoms. The van der Waals surface area contributed by atoms with E-state index in [1.54, 1.807) is 0 Å². The van der Waals surface area contributed by atoms with E-state index in [4.69, 9.17) is 4.74 Å². The van der Waals surface area contributed by atoms with Gasteiger partial charge in [-0.15, -0.1) is 11.3 Å². The minimum Gasteiger partial charge on any atom is -0.381 e. The molecule has 78 valence electrons. The van der Waals surface area contributed by atoms with Crippen molar-refractivity contribution >= 4 is 21.4 Å². The van der Waals surface area contributed by atoms with Gasteiger partial charge in [-0.2, -0.15) is 0 Å². The van der Waals surface area contributed by atoms with Crippen molar-refractivity contribution in [3.05, 3.63) is 35.2 Å². The Morgan fingerprint density at radius 1 is 1.13 bits per heavy atom. The van der Waals surface area contributed by atoms with Gasteiger partial charge in [-0.25, -0.2) is 0 Å². The first kappa shape index (κ1) is 9.37. The summed E-state index contributed by atoms with van der Waals surface area (Å²) in [5, 5.41) is 3.56. The largest absolute Gasteiger partial charge is 0.381 e. The summed E-state index contributed by atoms with van der Waals surface area (Å²) in [5.41, 5.74) is 1.49. The van der Waals surface area contributed by atoms with Crippen LogP contribution in [0, 0.1) is 0 Å². The maximum atomic E-state index is 5.40. The maximum Gasteiger partial charge on any atom is 0.0471 e. The van der Waals surface area contributed by atoms with E-state index in [-0.39, 0.29) is 0 Å². The Morgan fingerprint density at radius 2 is 2.00 bits per heavy atom. The summed E-state index contributed by atoms with van der Waals surface area (Å²) < 4.78 is 6.79. The highest BCUT2D eigenvalue weighted by Gasteiger charge is 2.15. The SMILES string of the molecule is c1cc2cc(C3CCOCC3)ccc2s1. The topological polar surface area (TPSA) is 9.23 Å². The molecule has 0 amide bonds. The van der Waals surface area contributed by atoms with E-state index in [1.807, 2.05) is 11.3 Å². The Kier molecular flexibility index (Phi) is 2.47. The zero-order chi connectivity index (χ0) is 10.1. The molecule has 0 radical (unpaired) electrons. The van der Waals surface area contributed by atoms with Crippen molar-refractivity contribution in [3.63, 3.8) is 0 Å². The molecule has 0 spiro atoms. The third-order valence-electron chi connectivity index (χ3n) is 3.17. The summed E-state index contributed by atoms with van der Waals surface area (Å²) in [6, 6.07) is 9.10. The van der Waals surface area contributed by atoms with Gasteiger partial charge in [-0.05, 0) is 47.2 Å². The molecule has 2 heteroatoms. The fourth-order valence-corrected chi connectivity index (χ4v) is 3.04. The number of fused-ring (bicyclic) bond motifs is 1. The standard InChI is InChI=1S/C13H14OS/c1-2-13-12(5-8-15-13)9-11(1)10-3-6-14-7-4-10/h1-2,5,8-10H,3-4,6-7H2. The van der Waals surface area contributed by atoms with Crippen molar-refractivity contribution in [1.82, 2.24) is 0 Å². The van der Waals surface area contributed by atoms with Gasteiger partial charge in [0, 0.05) is 17.9 Å². The Bertz CT molecular complexity index is 454. The molecule has 1 aromatic carbocycles. The lowest BCUT2D eigenvalue weighted by molar-refractivity contribution is 0.0853. The van der Waals surface area contributed by atoms with Gasteiger partial charge >= 0.3 is 0 Å². The van der Waals surface area contributed by atoms with E-state index in [9.17, 15) is 0 Å². The molecule has 2 heterocycles. The molecule has 0 aliphatic carbocycles. The zero-order valence-electron chi connectivity index (χ0n) is 8.61. The molecular formula is C13H14OS. The molecule has 0 saturated carbocycles. The van der Waals surface area contributed by atoms with Crippen molar-refractivity contribution in [1.29, 1.82) is 0 Å². The number of benzene rings is 1. The van der Waals surface area contributed by atoms with Crippen LogP contribution in [0.4, 0.5) is 0 Å². The summed E-state index contributed by atoms with van der Waals surface area (Å²) in [5.74, 6) is 0.711. The highest BCUT2D eigenvalue weighted by molar-refractivity contribution is 7.17.